The Labute approximate surface area is 118 Å². The molecule has 1 aliphatic carbocycles. The van der Waals surface area contributed by atoms with E-state index in [4.69, 9.17) is 16.7 Å². The molecule has 1 amide bonds. The van der Waals surface area contributed by atoms with E-state index in [1.807, 2.05) is 0 Å². The smallest absolute Gasteiger partial charge is 0.255 e. The molecule has 0 aliphatic heterocycles. The summed E-state index contributed by atoms with van der Waals surface area (Å²) in [4.78, 5) is 11.9. The van der Waals surface area contributed by atoms with E-state index < -0.39 is 5.91 Å². The lowest BCUT2D eigenvalue weighted by molar-refractivity contribution is 0.0932. The summed E-state index contributed by atoms with van der Waals surface area (Å²) in [5.41, 5.74) is -0.0377. The lowest BCUT2D eigenvalue weighted by Gasteiger charge is -2.13. The number of phenols is 1. The van der Waals surface area contributed by atoms with Crippen molar-refractivity contribution < 1.29 is 15.0 Å². The van der Waals surface area contributed by atoms with E-state index in [2.05, 4.69) is 21.2 Å². The fourth-order valence-corrected chi connectivity index (χ4v) is 2.48. The second-order valence-corrected chi connectivity index (χ2v) is 5.95. The summed E-state index contributed by atoms with van der Waals surface area (Å²) in [7, 11) is 0. The number of aliphatic hydroxyl groups excluding tert-OH is 1. The summed E-state index contributed by atoms with van der Waals surface area (Å²) >= 11 is 9.01. The first-order valence-corrected chi connectivity index (χ1v) is 6.72. The SMILES string of the molecule is O=C(NCC1(CO)CC1)c1cc(Br)cc(Cl)c1O. The van der Waals surface area contributed by atoms with Gasteiger partial charge in [-0.25, -0.2) is 0 Å². The van der Waals surface area contributed by atoms with Gasteiger partial charge in [0.05, 0.1) is 17.2 Å². The normalized spacial score (nSPS) is 16.4. The van der Waals surface area contributed by atoms with E-state index in [1.165, 1.54) is 12.1 Å². The zero-order valence-corrected chi connectivity index (χ0v) is 11.9. The monoisotopic (exact) mass is 333 g/mol. The van der Waals surface area contributed by atoms with Crippen LogP contribution in [0.3, 0.4) is 0 Å². The maximum atomic E-state index is 11.9. The van der Waals surface area contributed by atoms with Gasteiger partial charge in [-0.1, -0.05) is 27.5 Å². The van der Waals surface area contributed by atoms with Crippen molar-refractivity contribution in [1.29, 1.82) is 0 Å². The van der Waals surface area contributed by atoms with Gasteiger partial charge in [0.15, 0.2) is 0 Å². The zero-order valence-electron chi connectivity index (χ0n) is 9.54. The van der Waals surface area contributed by atoms with Crippen LogP contribution in [0.1, 0.15) is 23.2 Å². The summed E-state index contributed by atoms with van der Waals surface area (Å²) in [6.45, 7) is 0.477. The van der Waals surface area contributed by atoms with Crippen molar-refractivity contribution in [3.63, 3.8) is 0 Å². The van der Waals surface area contributed by atoms with Gasteiger partial charge < -0.3 is 15.5 Å². The number of carbonyl (C=O) groups excluding carboxylic acids is 1. The number of halogens is 2. The number of phenolic OH excluding ortho intramolecular Hbond substituents is 1. The van der Waals surface area contributed by atoms with E-state index in [0.717, 1.165) is 12.8 Å². The quantitative estimate of drug-likeness (QED) is 0.791. The predicted molar refractivity (Wildman–Crippen MR) is 71.9 cm³/mol. The molecule has 0 bridgehead atoms. The van der Waals surface area contributed by atoms with E-state index in [1.54, 1.807) is 0 Å². The molecule has 2 rings (SSSR count). The third-order valence-electron chi connectivity index (χ3n) is 3.19. The van der Waals surface area contributed by atoms with Gasteiger partial charge in [-0.3, -0.25) is 4.79 Å². The van der Waals surface area contributed by atoms with E-state index in [-0.39, 0.29) is 28.4 Å². The first-order valence-electron chi connectivity index (χ1n) is 5.54. The van der Waals surface area contributed by atoms with E-state index in [0.29, 0.717) is 11.0 Å². The molecule has 6 heteroatoms. The van der Waals surface area contributed by atoms with Crippen LogP contribution in [0.4, 0.5) is 0 Å². The Balaban J connectivity index is 2.09. The molecule has 1 aromatic carbocycles. The van der Waals surface area contributed by atoms with Crippen LogP contribution in [0.2, 0.25) is 5.02 Å². The van der Waals surface area contributed by atoms with Gasteiger partial charge in [-0.05, 0) is 25.0 Å². The van der Waals surface area contributed by atoms with E-state index >= 15 is 0 Å². The first-order chi connectivity index (χ1) is 8.47. The number of hydrogen-bond donors (Lipinski definition) is 3. The number of hydrogen-bond acceptors (Lipinski definition) is 3. The standard InChI is InChI=1S/C12H13BrClNO3/c13-7-3-8(10(17)9(14)4-7)11(18)15-5-12(6-16)1-2-12/h3-4,16-17H,1-2,5-6H2,(H,15,18). The lowest BCUT2D eigenvalue weighted by atomic mass is 10.1. The second-order valence-electron chi connectivity index (χ2n) is 4.62. The number of aliphatic hydroxyl groups is 1. The van der Waals surface area contributed by atoms with Crippen molar-refractivity contribution in [3.8, 4) is 5.75 Å². The summed E-state index contributed by atoms with van der Waals surface area (Å²) < 4.78 is 0.624. The van der Waals surface area contributed by atoms with Gasteiger partial charge >= 0.3 is 0 Å². The molecule has 98 valence electrons. The summed E-state index contributed by atoms with van der Waals surface area (Å²) in [6.07, 6.45) is 1.82. The largest absolute Gasteiger partial charge is 0.506 e. The van der Waals surface area contributed by atoms with Crippen LogP contribution >= 0.6 is 27.5 Å². The average molecular weight is 335 g/mol. The van der Waals surface area contributed by atoms with Gasteiger partial charge in [0.2, 0.25) is 0 Å². The fraction of sp³-hybridized carbons (Fsp3) is 0.417. The highest BCUT2D eigenvalue weighted by atomic mass is 79.9. The number of aromatic hydroxyl groups is 1. The van der Waals surface area contributed by atoms with E-state index in [9.17, 15) is 9.90 Å². The number of amides is 1. The van der Waals surface area contributed by atoms with Crippen LogP contribution in [-0.4, -0.2) is 29.3 Å². The van der Waals surface area contributed by atoms with Crippen molar-refractivity contribution in [2.24, 2.45) is 5.41 Å². The molecule has 1 saturated carbocycles. The average Bonchev–Trinajstić information content (AvgIpc) is 3.11. The Morgan fingerprint density at radius 2 is 2.17 bits per heavy atom. The van der Waals surface area contributed by atoms with Gasteiger partial charge in [0.25, 0.3) is 5.91 Å². The Morgan fingerprint density at radius 1 is 1.50 bits per heavy atom. The number of nitrogens with one attached hydrogen (secondary N) is 1. The Hall–Kier alpha value is -0.780. The van der Waals surface area contributed by atoms with Gasteiger partial charge in [0.1, 0.15) is 5.75 Å². The highest BCUT2D eigenvalue weighted by Gasteiger charge is 2.42. The molecule has 1 aromatic rings. The van der Waals surface area contributed by atoms with Crippen LogP contribution in [-0.2, 0) is 0 Å². The number of rotatable bonds is 4. The molecule has 1 aliphatic rings. The van der Waals surface area contributed by atoms with Crippen molar-refractivity contribution in [2.45, 2.75) is 12.8 Å². The van der Waals surface area contributed by atoms with Crippen LogP contribution in [0.25, 0.3) is 0 Å². The minimum atomic E-state index is -0.393. The fourth-order valence-electron chi connectivity index (χ4n) is 1.67. The first kappa shape index (κ1) is 13.6. The molecule has 0 atom stereocenters. The number of benzene rings is 1. The minimum Gasteiger partial charge on any atom is -0.506 e. The molecule has 3 N–H and O–H groups in total. The van der Waals surface area contributed by atoms with Crippen LogP contribution in [0.5, 0.6) is 5.75 Å². The van der Waals surface area contributed by atoms with Crippen molar-refractivity contribution in [2.75, 3.05) is 13.2 Å². The zero-order chi connectivity index (χ0) is 13.3. The Kier molecular flexibility index (Phi) is 3.84. The number of carbonyl (C=O) groups is 1. The molecule has 0 heterocycles. The molecule has 1 fully saturated rings. The van der Waals surface area contributed by atoms with Crippen LogP contribution < -0.4 is 5.32 Å². The summed E-state index contributed by atoms with van der Waals surface area (Å²) in [6, 6.07) is 3.03. The van der Waals surface area contributed by atoms with Crippen molar-refractivity contribution in [1.82, 2.24) is 5.32 Å². The lowest BCUT2D eigenvalue weighted by Crippen LogP contribution is -2.31. The Bertz CT molecular complexity index is 488. The summed E-state index contributed by atoms with van der Waals surface area (Å²) in [5, 5.41) is 21.7. The molecular formula is C12H13BrClNO3. The summed E-state index contributed by atoms with van der Waals surface area (Å²) in [5.74, 6) is -0.623. The van der Waals surface area contributed by atoms with Crippen molar-refractivity contribution >= 4 is 33.4 Å². The maximum absolute atomic E-state index is 11.9. The molecule has 0 aromatic heterocycles. The molecule has 0 radical (unpaired) electrons. The van der Waals surface area contributed by atoms with Gasteiger partial charge in [0, 0.05) is 16.4 Å². The molecule has 18 heavy (non-hydrogen) atoms. The topological polar surface area (TPSA) is 69.6 Å². The molecule has 4 nitrogen and oxygen atoms in total. The third-order valence-corrected chi connectivity index (χ3v) is 3.94. The van der Waals surface area contributed by atoms with Gasteiger partial charge in [-0.2, -0.15) is 0 Å². The molecule has 0 unspecified atom stereocenters. The predicted octanol–water partition coefficient (Wildman–Crippen LogP) is 2.31. The van der Waals surface area contributed by atoms with Crippen molar-refractivity contribution in [3.05, 3.63) is 27.2 Å². The molecular weight excluding hydrogens is 321 g/mol. The third kappa shape index (κ3) is 2.79. The van der Waals surface area contributed by atoms with Gasteiger partial charge in [-0.15, -0.1) is 0 Å². The molecule has 0 saturated heterocycles. The molecule has 0 spiro atoms. The second kappa shape index (κ2) is 5.07. The van der Waals surface area contributed by atoms with Crippen LogP contribution in [0.15, 0.2) is 16.6 Å². The minimum absolute atomic E-state index is 0.0680. The Morgan fingerprint density at radius 3 is 2.72 bits per heavy atom. The van der Waals surface area contributed by atoms with Crippen LogP contribution in [0, 0.1) is 5.41 Å². The maximum Gasteiger partial charge on any atom is 0.255 e. The highest BCUT2D eigenvalue weighted by molar-refractivity contribution is 9.10. The highest BCUT2D eigenvalue weighted by Crippen LogP contribution is 2.44.